The van der Waals surface area contributed by atoms with Crippen molar-refractivity contribution in [3.05, 3.63) is 58.6 Å². The van der Waals surface area contributed by atoms with Crippen molar-refractivity contribution in [1.82, 2.24) is 0 Å². The smallest absolute Gasteiger partial charge is 0.397 e. The van der Waals surface area contributed by atoms with E-state index in [4.69, 9.17) is 17.3 Å². The standard InChI is InChI=1S/C14H10ClF3N2O/c15-11-6-5-8(7-12(11)19)20-13(21)9-3-1-2-4-10(9)14(16,17)18/h1-7H,19H2,(H,20,21). The summed E-state index contributed by atoms with van der Waals surface area (Å²) in [6.45, 7) is 0. The van der Waals surface area contributed by atoms with Crippen molar-refractivity contribution in [2.24, 2.45) is 0 Å². The molecular weight excluding hydrogens is 305 g/mol. The Morgan fingerprint density at radius 2 is 1.81 bits per heavy atom. The van der Waals surface area contributed by atoms with Crippen LogP contribution < -0.4 is 11.1 Å². The molecule has 0 radical (unpaired) electrons. The van der Waals surface area contributed by atoms with Gasteiger partial charge in [-0.1, -0.05) is 23.7 Å². The molecule has 7 heteroatoms. The summed E-state index contributed by atoms with van der Waals surface area (Å²) in [6.07, 6.45) is -4.60. The first-order valence-electron chi connectivity index (χ1n) is 5.81. The number of rotatable bonds is 2. The van der Waals surface area contributed by atoms with Crippen LogP contribution in [0, 0.1) is 0 Å². The van der Waals surface area contributed by atoms with Crippen LogP contribution in [0.3, 0.4) is 0 Å². The molecule has 110 valence electrons. The highest BCUT2D eigenvalue weighted by atomic mass is 35.5. The second-order valence-electron chi connectivity index (χ2n) is 4.23. The Morgan fingerprint density at radius 1 is 1.14 bits per heavy atom. The highest BCUT2D eigenvalue weighted by Crippen LogP contribution is 2.32. The Kier molecular flexibility index (Phi) is 4.09. The topological polar surface area (TPSA) is 55.1 Å². The first-order valence-corrected chi connectivity index (χ1v) is 6.19. The van der Waals surface area contributed by atoms with E-state index in [1.54, 1.807) is 0 Å². The van der Waals surface area contributed by atoms with E-state index < -0.39 is 23.2 Å². The SMILES string of the molecule is Nc1cc(NC(=O)c2ccccc2C(F)(F)F)ccc1Cl. The summed E-state index contributed by atoms with van der Waals surface area (Å²) in [6, 6.07) is 8.81. The molecule has 0 atom stereocenters. The molecule has 3 nitrogen and oxygen atoms in total. The molecule has 0 spiro atoms. The molecule has 0 fully saturated rings. The summed E-state index contributed by atoms with van der Waals surface area (Å²) in [5.74, 6) is -0.871. The number of benzene rings is 2. The van der Waals surface area contributed by atoms with Gasteiger partial charge >= 0.3 is 6.18 Å². The number of alkyl halides is 3. The van der Waals surface area contributed by atoms with Gasteiger partial charge in [-0.15, -0.1) is 0 Å². The van der Waals surface area contributed by atoms with Crippen molar-refractivity contribution in [1.29, 1.82) is 0 Å². The average molecular weight is 315 g/mol. The number of carbonyl (C=O) groups excluding carboxylic acids is 1. The van der Waals surface area contributed by atoms with Crippen molar-refractivity contribution in [2.75, 3.05) is 11.1 Å². The molecule has 1 amide bonds. The predicted molar refractivity (Wildman–Crippen MR) is 75.3 cm³/mol. The van der Waals surface area contributed by atoms with E-state index in [1.807, 2.05) is 0 Å². The summed E-state index contributed by atoms with van der Waals surface area (Å²) in [7, 11) is 0. The molecule has 0 unspecified atom stereocenters. The van der Waals surface area contributed by atoms with Crippen molar-refractivity contribution in [2.45, 2.75) is 6.18 Å². The molecule has 21 heavy (non-hydrogen) atoms. The van der Waals surface area contributed by atoms with E-state index in [9.17, 15) is 18.0 Å². The number of nitrogens with one attached hydrogen (secondary N) is 1. The van der Waals surface area contributed by atoms with Gasteiger partial charge in [0.15, 0.2) is 0 Å². The first-order chi connectivity index (χ1) is 9.79. The molecule has 0 aromatic heterocycles. The van der Waals surface area contributed by atoms with Crippen LogP contribution >= 0.6 is 11.6 Å². The van der Waals surface area contributed by atoms with Crippen LogP contribution in [0.1, 0.15) is 15.9 Å². The maximum absolute atomic E-state index is 12.8. The number of hydrogen-bond acceptors (Lipinski definition) is 2. The molecule has 0 saturated heterocycles. The van der Waals surface area contributed by atoms with Crippen molar-refractivity contribution in [3.8, 4) is 0 Å². The minimum Gasteiger partial charge on any atom is -0.397 e. The van der Waals surface area contributed by atoms with Gasteiger partial charge in [0, 0.05) is 5.69 Å². The third kappa shape index (κ3) is 3.46. The summed E-state index contributed by atoms with van der Waals surface area (Å²) in [5.41, 5.74) is 4.60. The van der Waals surface area contributed by atoms with Crippen molar-refractivity contribution in [3.63, 3.8) is 0 Å². The van der Waals surface area contributed by atoms with Gasteiger partial charge in [-0.25, -0.2) is 0 Å². The molecule has 0 bridgehead atoms. The number of nitrogens with two attached hydrogens (primary N) is 1. The van der Waals surface area contributed by atoms with Crippen LogP contribution in [0.2, 0.25) is 5.02 Å². The van der Waals surface area contributed by atoms with Gasteiger partial charge in [-0.05, 0) is 30.3 Å². The number of anilines is 2. The monoisotopic (exact) mass is 314 g/mol. The summed E-state index contributed by atoms with van der Waals surface area (Å²) < 4.78 is 38.5. The first kappa shape index (κ1) is 15.2. The molecule has 2 aromatic rings. The van der Waals surface area contributed by atoms with Gasteiger partial charge in [-0.3, -0.25) is 4.79 Å². The fourth-order valence-electron chi connectivity index (χ4n) is 1.75. The van der Waals surface area contributed by atoms with E-state index in [-0.39, 0.29) is 11.4 Å². The van der Waals surface area contributed by atoms with Crippen molar-refractivity contribution >= 4 is 28.9 Å². The van der Waals surface area contributed by atoms with E-state index in [2.05, 4.69) is 5.32 Å². The van der Waals surface area contributed by atoms with Gasteiger partial charge in [0.25, 0.3) is 5.91 Å². The van der Waals surface area contributed by atoms with Crippen LogP contribution in [0.15, 0.2) is 42.5 Å². The molecule has 0 aliphatic heterocycles. The molecule has 0 heterocycles. The number of hydrogen-bond donors (Lipinski definition) is 2. The van der Waals surface area contributed by atoms with Crippen LogP contribution in [0.25, 0.3) is 0 Å². The number of halogens is 4. The molecule has 0 aliphatic carbocycles. The van der Waals surface area contributed by atoms with Crippen LogP contribution in [0.5, 0.6) is 0 Å². The van der Waals surface area contributed by atoms with E-state index in [0.717, 1.165) is 12.1 Å². The lowest BCUT2D eigenvalue weighted by Gasteiger charge is -2.13. The van der Waals surface area contributed by atoms with Crippen molar-refractivity contribution < 1.29 is 18.0 Å². The minimum absolute atomic E-state index is 0.221. The number of carbonyl (C=O) groups is 1. The number of nitrogen functional groups attached to an aromatic ring is 1. The Balaban J connectivity index is 2.31. The van der Waals surface area contributed by atoms with Gasteiger partial charge in [0.1, 0.15) is 0 Å². The highest BCUT2D eigenvalue weighted by Gasteiger charge is 2.34. The van der Waals surface area contributed by atoms with Crippen LogP contribution in [-0.2, 0) is 6.18 Å². The zero-order valence-corrected chi connectivity index (χ0v) is 11.3. The Morgan fingerprint density at radius 3 is 2.43 bits per heavy atom. The van der Waals surface area contributed by atoms with E-state index in [1.165, 1.54) is 30.3 Å². The molecule has 2 aromatic carbocycles. The molecule has 2 rings (SSSR count). The van der Waals surface area contributed by atoms with Gasteiger partial charge in [0.05, 0.1) is 21.8 Å². The predicted octanol–water partition coefficient (Wildman–Crippen LogP) is 4.19. The lowest BCUT2D eigenvalue weighted by molar-refractivity contribution is -0.137. The van der Waals surface area contributed by atoms with Crippen LogP contribution in [-0.4, -0.2) is 5.91 Å². The quantitative estimate of drug-likeness (QED) is 0.816. The zero-order valence-electron chi connectivity index (χ0n) is 10.5. The molecule has 0 saturated carbocycles. The average Bonchev–Trinajstić information content (AvgIpc) is 2.42. The fourth-order valence-corrected chi connectivity index (χ4v) is 1.87. The lowest BCUT2D eigenvalue weighted by Crippen LogP contribution is -2.18. The van der Waals surface area contributed by atoms with Gasteiger partial charge < -0.3 is 11.1 Å². The highest BCUT2D eigenvalue weighted by molar-refractivity contribution is 6.33. The normalized spacial score (nSPS) is 11.2. The van der Waals surface area contributed by atoms with E-state index >= 15 is 0 Å². The molecular formula is C14H10ClF3N2O. The molecule has 0 aliphatic rings. The molecule has 3 N–H and O–H groups in total. The number of amides is 1. The van der Waals surface area contributed by atoms with Crippen LogP contribution in [0.4, 0.5) is 24.5 Å². The van der Waals surface area contributed by atoms with Gasteiger partial charge in [0.2, 0.25) is 0 Å². The summed E-state index contributed by atoms with van der Waals surface area (Å²) in [5, 5.41) is 2.66. The van der Waals surface area contributed by atoms with E-state index in [0.29, 0.717) is 5.02 Å². The minimum atomic E-state index is -4.60. The zero-order chi connectivity index (χ0) is 15.6. The second kappa shape index (κ2) is 5.65. The summed E-state index contributed by atoms with van der Waals surface area (Å²) in [4.78, 5) is 12.0. The second-order valence-corrected chi connectivity index (χ2v) is 4.64. The largest absolute Gasteiger partial charge is 0.417 e. The lowest BCUT2D eigenvalue weighted by atomic mass is 10.1. The maximum atomic E-state index is 12.8. The van der Waals surface area contributed by atoms with Gasteiger partial charge in [-0.2, -0.15) is 13.2 Å². The maximum Gasteiger partial charge on any atom is 0.417 e. The Hall–Kier alpha value is -2.21. The third-order valence-electron chi connectivity index (χ3n) is 2.73. The Labute approximate surface area is 123 Å². The fraction of sp³-hybridized carbons (Fsp3) is 0.0714. The Bertz CT molecular complexity index is 686. The summed E-state index contributed by atoms with van der Waals surface area (Å²) >= 11 is 5.73. The third-order valence-corrected chi connectivity index (χ3v) is 3.08.